The average molecular weight is 1070 g/mol. The number of nitrogens with one attached hydrogen (secondary N) is 1. The third kappa shape index (κ3) is 6.41. The zero-order valence-corrected chi connectivity index (χ0v) is 36.4. The zero-order chi connectivity index (χ0) is 32.4. The number of hydrogen-bond donors (Lipinski definition) is 7. The van der Waals surface area contributed by atoms with Crippen molar-refractivity contribution < 1.29 is 143 Å². The van der Waals surface area contributed by atoms with E-state index in [1.165, 1.54) is 6.92 Å². The molecule has 5 rings (SSSR count). The minimum absolute atomic E-state index is 0. The maximum atomic E-state index is 14.2. The van der Waals surface area contributed by atoms with Gasteiger partial charge in [0, 0.05) is 118 Å². The van der Waals surface area contributed by atoms with Gasteiger partial charge in [0.15, 0.2) is 5.78 Å². The molecule has 9 unspecified atom stereocenters. The maximum absolute atomic E-state index is 14.2. The van der Waals surface area contributed by atoms with Gasteiger partial charge < -0.3 is 40.3 Å². The average Bonchev–Trinajstić information content (AvgIpc) is 2.98. The van der Waals surface area contributed by atoms with Crippen LogP contribution in [-0.4, -0.2) is 97.5 Å². The van der Waals surface area contributed by atoms with Crippen LogP contribution in [0.1, 0.15) is 53.0 Å². The number of carbonyl (C=O) groups excluding carboxylic acids is 2. The second-order valence-corrected chi connectivity index (χ2v) is 13.9. The summed E-state index contributed by atoms with van der Waals surface area (Å²) in [7, 11) is 0. The SMILES string of the molecule is CC1=C2C(O)C(=O)[C@]3(C)C(O)CC4OCC4(O)C3C(C)C(O)(CC1[C@@H](OO)C(O)CNC(=O)OCc1ccccc1)C2(C)C.[Ac].[Ac]. The zero-order valence-electron chi connectivity index (χ0n) is 26.9. The van der Waals surface area contributed by atoms with Gasteiger partial charge in [-0.15, -0.1) is 0 Å². The van der Waals surface area contributed by atoms with Gasteiger partial charge in [-0.1, -0.05) is 56.7 Å². The molecular weight excluding hydrogens is 1030 g/mol. The second-order valence-electron chi connectivity index (χ2n) is 13.9. The number of carbonyl (C=O) groups is 2. The van der Waals surface area contributed by atoms with Crippen LogP contribution in [0.4, 0.5) is 4.79 Å². The van der Waals surface area contributed by atoms with Crippen LogP contribution in [0.3, 0.4) is 0 Å². The van der Waals surface area contributed by atoms with Gasteiger partial charge in [-0.3, -0.25) is 10.1 Å². The Morgan fingerprint density at radius 1 is 1.13 bits per heavy atom. The number of alkyl carbamates (subject to hydrolysis) is 1. The Kier molecular flexibility index (Phi) is 13.3. The molecule has 46 heavy (non-hydrogen) atoms. The topological polar surface area (TPSA) is 195 Å². The Morgan fingerprint density at radius 2 is 1.76 bits per heavy atom. The first kappa shape index (κ1) is 40.9. The van der Waals surface area contributed by atoms with E-state index in [4.69, 9.17) is 14.4 Å². The van der Waals surface area contributed by atoms with Crippen LogP contribution in [0.5, 0.6) is 0 Å². The summed E-state index contributed by atoms with van der Waals surface area (Å²) in [5.41, 5.74) is -4.69. The molecule has 3 aliphatic carbocycles. The molecule has 12 nitrogen and oxygen atoms in total. The number of benzene rings is 1. The third-order valence-corrected chi connectivity index (χ3v) is 11.5. The molecule has 1 aliphatic heterocycles. The molecule has 0 aromatic heterocycles. The van der Waals surface area contributed by atoms with Crippen molar-refractivity contribution in [1.82, 2.24) is 5.32 Å². The number of hydrogen-bond acceptors (Lipinski definition) is 11. The first-order chi connectivity index (χ1) is 20.6. The molecule has 0 spiro atoms. The predicted octanol–water partition coefficient (Wildman–Crippen LogP) is 1.32. The van der Waals surface area contributed by atoms with Crippen molar-refractivity contribution in [3.8, 4) is 0 Å². The van der Waals surface area contributed by atoms with Crippen molar-refractivity contribution in [3.63, 3.8) is 0 Å². The monoisotopic (exact) mass is 1070 g/mol. The first-order valence-electron chi connectivity index (χ1n) is 15.2. The van der Waals surface area contributed by atoms with Crippen molar-refractivity contribution in [3.05, 3.63) is 47.0 Å². The summed E-state index contributed by atoms with van der Waals surface area (Å²) >= 11 is 0. The van der Waals surface area contributed by atoms with Gasteiger partial charge in [-0.2, -0.15) is 0 Å². The van der Waals surface area contributed by atoms with Crippen LogP contribution in [0, 0.1) is 117 Å². The fourth-order valence-corrected chi connectivity index (χ4v) is 8.91. The Labute approximate surface area is 340 Å². The Hall–Kier alpha value is 0.463. The van der Waals surface area contributed by atoms with Crippen molar-refractivity contribution in [1.29, 1.82) is 0 Å². The fourth-order valence-electron chi connectivity index (χ4n) is 8.91. The number of rotatable bonds is 7. The quantitative estimate of drug-likeness (QED) is 0.118. The number of ether oxygens (including phenoxy) is 2. The van der Waals surface area contributed by atoms with Crippen LogP contribution < -0.4 is 5.32 Å². The number of amides is 1. The largest absolute Gasteiger partial charge is 0.445 e. The van der Waals surface area contributed by atoms with E-state index in [1.807, 2.05) is 6.07 Å². The number of fused-ring (bicyclic) bond motifs is 5. The smallest absolute Gasteiger partial charge is 0.407 e. The number of aliphatic hydroxyl groups is 5. The molecule has 1 aromatic carbocycles. The van der Waals surface area contributed by atoms with Crippen LogP contribution in [0.2, 0.25) is 0 Å². The van der Waals surface area contributed by atoms with E-state index in [9.17, 15) is 40.4 Å². The fraction of sp³-hybridized carbons (Fsp3) is 0.688. The molecule has 2 radical (unpaired) electrons. The van der Waals surface area contributed by atoms with Gasteiger partial charge in [0.2, 0.25) is 0 Å². The van der Waals surface area contributed by atoms with Gasteiger partial charge in [-0.05, 0) is 37.3 Å². The number of ketones is 1. The summed E-state index contributed by atoms with van der Waals surface area (Å²) in [5, 5.41) is 71.1. The van der Waals surface area contributed by atoms with Crippen molar-refractivity contribution >= 4 is 11.9 Å². The molecule has 2 bridgehead atoms. The van der Waals surface area contributed by atoms with Crippen LogP contribution in [-0.2, 0) is 25.8 Å². The molecule has 250 valence electrons. The van der Waals surface area contributed by atoms with Gasteiger partial charge in [-0.25, -0.2) is 9.68 Å². The van der Waals surface area contributed by atoms with E-state index in [0.717, 1.165) is 5.56 Å². The van der Waals surface area contributed by atoms with Crippen LogP contribution in [0.15, 0.2) is 41.5 Å². The number of aliphatic hydroxyl groups excluding tert-OH is 3. The summed E-state index contributed by atoms with van der Waals surface area (Å²) in [6.45, 7) is 7.87. The van der Waals surface area contributed by atoms with Gasteiger partial charge in [0.25, 0.3) is 0 Å². The molecule has 3 fully saturated rings. The summed E-state index contributed by atoms with van der Waals surface area (Å²) < 4.78 is 10.8. The summed E-state index contributed by atoms with van der Waals surface area (Å²) in [6, 6.07) is 9.03. The van der Waals surface area contributed by atoms with Gasteiger partial charge in [0.1, 0.15) is 30.5 Å². The first-order valence-corrected chi connectivity index (χ1v) is 15.2. The van der Waals surface area contributed by atoms with E-state index < -0.39 is 82.2 Å². The molecule has 1 amide bonds. The van der Waals surface area contributed by atoms with E-state index in [-0.39, 0.29) is 126 Å². The van der Waals surface area contributed by atoms with E-state index >= 15 is 0 Å². The molecule has 11 atom stereocenters. The summed E-state index contributed by atoms with van der Waals surface area (Å²) in [6.07, 6.45) is -7.52. The molecular formula is C32H45Ac2NO11. The summed E-state index contributed by atoms with van der Waals surface area (Å²) in [4.78, 5) is 31.3. The molecule has 14 heteroatoms. The van der Waals surface area contributed by atoms with Gasteiger partial charge in [0.05, 0.1) is 29.8 Å². The molecule has 1 aromatic rings. The Balaban J connectivity index is 0.00000288. The molecule has 4 aliphatic rings. The molecule has 1 heterocycles. The van der Waals surface area contributed by atoms with Crippen LogP contribution in [0.25, 0.3) is 0 Å². The standard InChI is InChI=1S/C32H45NO11.2Ac/c1-16-19(25(44-41)20(34)13-33-28(38)42-14-18-9-7-6-8-10-18)12-32(40)17(2)26-30(5,21(35)11-22-31(26,39)15-43-22)27(37)24(36)23(16)29(32,3)4;;/h6-10,17,19-22,24-26,34-36,39-41H,11-15H2,1-5H3,(H,33,38);;/t17?,19?,20?,21?,22?,24?,25-,26?,30-,31?,32?;;/m1../s1. The van der Waals surface area contributed by atoms with Crippen molar-refractivity contribution in [2.75, 3.05) is 13.2 Å². The minimum Gasteiger partial charge on any atom is -0.445 e. The molecule has 1 saturated heterocycles. The van der Waals surface area contributed by atoms with Crippen molar-refractivity contribution in [2.24, 2.45) is 28.6 Å². The van der Waals surface area contributed by atoms with Crippen molar-refractivity contribution in [2.45, 2.75) is 95.8 Å². The Morgan fingerprint density at radius 3 is 2.33 bits per heavy atom. The number of Topliss-reactive ketones (excluding diaryl/α,β-unsaturated/α-hetero) is 1. The predicted molar refractivity (Wildman–Crippen MR) is 155 cm³/mol. The summed E-state index contributed by atoms with van der Waals surface area (Å²) in [5.74, 6) is -3.44. The van der Waals surface area contributed by atoms with E-state index in [1.54, 1.807) is 52.0 Å². The van der Waals surface area contributed by atoms with Gasteiger partial charge >= 0.3 is 6.09 Å². The normalized spacial score (nSPS) is 39.1. The maximum Gasteiger partial charge on any atom is 0.407 e. The van der Waals surface area contributed by atoms with E-state index in [2.05, 4.69) is 5.32 Å². The Bertz CT molecular complexity index is 1310. The molecule has 2 saturated carbocycles. The van der Waals surface area contributed by atoms with E-state index in [0.29, 0.717) is 5.57 Å². The van der Waals surface area contributed by atoms with Crippen LogP contribution >= 0.6 is 0 Å². The minimum atomic E-state index is -1.77. The second kappa shape index (κ2) is 15.0. The third-order valence-electron chi connectivity index (χ3n) is 11.5. The molecule has 7 N–H and O–H groups in total.